The molecule has 0 aliphatic carbocycles. The van der Waals surface area contributed by atoms with E-state index in [0.29, 0.717) is 18.2 Å². The molecule has 1 unspecified atom stereocenters. The smallest absolute Gasteiger partial charge is 0.379 e. The van der Waals surface area contributed by atoms with Crippen LogP contribution in [0.4, 0.5) is 17.6 Å². The van der Waals surface area contributed by atoms with Crippen molar-refractivity contribution in [1.29, 1.82) is 0 Å². The Hall–Kier alpha value is -3.36. The summed E-state index contributed by atoms with van der Waals surface area (Å²) >= 11 is 0. The van der Waals surface area contributed by atoms with Gasteiger partial charge < -0.3 is 28.4 Å². The summed E-state index contributed by atoms with van der Waals surface area (Å²) in [4.78, 5) is 44.9. The Kier molecular flexibility index (Phi) is 19.4. The van der Waals surface area contributed by atoms with Gasteiger partial charge in [0.15, 0.2) is 5.78 Å². The minimum atomic E-state index is -4.17. The average molecular weight is 544 g/mol. The molecule has 1 atom stereocenters. The molecule has 0 spiro atoms. The number of hydrogen-bond acceptors (Lipinski definition) is 10. The number of ether oxygens (including phenoxy) is 6. The summed E-state index contributed by atoms with van der Waals surface area (Å²) in [5.74, 6) is -7.82. The molecule has 0 heterocycles. The molecule has 10 nitrogen and oxygen atoms in total. The quantitative estimate of drug-likeness (QED) is 0.102. The van der Waals surface area contributed by atoms with Crippen LogP contribution in [0.15, 0.2) is 50.6 Å². The van der Waals surface area contributed by atoms with Crippen LogP contribution in [0, 0.1) is 0 Å². The van der Waals surface area contributed by atoms with Crippen molar-refractivity contribution in [2.24, 2.45) is 0 Å². The van der Waals surface area contributed by atoms with Crippen molar-refractivity contribution in [3.8, 4) is 0 Å². The van der Waals surface area contributed by atoms with Gasteiger partial charge in [-0.05, 0) is 6.08 Å². The molecule has 0 aromatic heterocycles. The Morgan fingerprint density at radius 1 is 0.730 bits per heavy atom. The van der Waals surface area contributed by atoms with Crippen molar-refractivity contribution in [2.45, 2.75) is 52.5 Å². The van der Waals surface area contributed by atoms with Gasteiger partial charge in [0.05, 0.1) is 13.0 Å². The fourth-order valence-electron chi connectivity index (χ4n) is 1.78. The van der Waals surface area contributed by atoms with Gasteiger partial charge >= 0.3 is 30.5 Å². The highest BCUT2D eigenvalue weighted by Gasteiger charge is 2.37. The summed E-state index contributed by atoms with van der Waals surface area (Å²) < 4.78 is 82.2. The third-order valence-electron chi connectivity index (χ3n) is 3.42. The fourth-order valence-corrected chi connectivity index (χ4v) is 1.78. The molecular formula is C23H32F4O10. The van der Waals surface area contributed by atoms with Crippen LogP contribution in [0.5, 0.6) is 0 Å². The highest BCUT2D eigenvalue weighted by Crippen LogP contribution is 2.24. The van der Waals surface area contributed by atoms with E-state index in [0.717, 1.165) is 6.08 Å². The van der Waals surface area contributed by atoms with E-state index in [2.05, 4.69) is 50.0 Å². The van der Waals surface area contributed by atoms with Crippen molar-refractivity contribution >= 4 is 23.7 Å². The first-order valence-corrected chi connectivity index (χ1v) is 9.54. The van der Waals surface area contributed by atoms with Crippen LogP contribution >= 0.6 is 0 Å². The second-order valence-corrected chi connectivity index (χ2v) is 6.23. The maximum Gasteiger partial charge on any atom is 0.379 e. The van der Waals surface area contributed by atoms with Crippen LogP contribution < -0.4 is 0 Å². The first-order chi connectivity index (χ1) is 16.3. The molecular weight excluding hydrogens is 512 g/mol. The Balaban J connectivity index is -0.00000578. The van der Waals surface area contributed by atoms with Crippen LogP contribution in [0.3, 0.4) is 0 Å². The number of allylic oxidation sites excluding steroid dienone is 1. The molecule has 14 heteroatoms. The monoisotopic (exact) mass is 544 g/mol. The molecule has 0 saturated heterocycles. The summed E-state index contributed by atoms with van der Waals surface area (Å²) in [6.07, 6.45) is -4.92. The lowest BCUT2D eigenvalue weighted by atomic mass is 10.2. The number of hydrogen-bond donors (Lipinski definition) is 0. The standard InChI is InChI=1S/C21H24F4O10.2CH4/c1-5-14(26)11-18(33-15(27)6-2)30-12-20(22,23)9-10-32-21(24,25)13-31-19(34-16(28)7-3)35-17(29)8-4;;/h5-8,18-19H,1-4,9-13H2;2*1H4. The Labute approximate surface area is 212 Å². The number of ketones is 1. The van der Waals surface area contributed by atoms with Gasteiger partial charge in [-0.1, -0.05) is 41.2 Å². The summed E-state index contributed by atoms with van der Waals surface area (Å²) in [6, 6.07) is 0. The first-order valence-electron chi connectivity index (χ1n) is 9.54. The molecule has 0 fully saturated rings. The third kappa shape index (κ3) is 18.6. The molecule has 0 amide bonds. The topological polar surface area (TPSA) is 124 Å². The van der Waals surface area contributed by atoms with E-state index in [9.17, 15) is 36.7 Å². The van der Waals surface area contributed by atoms with E-state index in [1.54, 1.807) is 0 Å². The van der Waals surface area contributed by atoms with Gasteiger partial charge in [-0.15, -0.1) is 0 Å². The number of esters is 3. The van der Waals surface area contributed by atoms with Gasteiger partial charge in [0.25, 0.3) is 5.92 Å². The molecule has 0 aromatic carbocycles. The highest BCUT2D eigenvalue weighted by atomic mass is 19.3. The number of halogens is 4. The van der Waals surface area contributed by atoms with Crippen LogP contribution in [0.2, 0.25) is 0 Å². The molecule has 0 bridgehead atoms. The molecule has 0 saturated carbocycles. The molecule has 0 rings (SSSR count). The second kappa shape index (κ2) is 18.8. The number of rotatable bonds is 19. The first kappa shape index (κ1) is 38.2. The average Bonchev–Trinajstić information content (AvgIpc) is 2.80. The number of alkyl halides is 4. The molecule has 0 aliphatic heterocycles. The van der Waals surface area contributed by atoms with Crippen molar-refractivity contribution in [3.63, 3.8) is 0 Å². The zero-order valence-electron chi connectivity index (χ0n) is 18.4. The van der Waals surface area contributed by atoms with Gasteiger partial charge in [0, 0.05) is 24.6 Å². The zero-order valence-corrected chi connectivity index (χ0v) is 18.4. The maximum absolute atomic E-state index is 14.0. The second-order valence-electron chi connectivity index (χ2n) is 6.23. The Morgan fingerprint density at radius 3 is 1.68 bits per heavy atom. The minimum absolute atomic E-state index is 0. The van der Waals surface area contributed by atoms with Gasteiger partial charge in [-0.3, -0.25) is 4.79 Å². The van der Waals surface area contributed by atoms with E-state index >= 15 is 0 Å². The van der Waals surface area contributed by atoms with E-state index in [-0.39, 0.29) is 14.9 Å². The fraction of sp³-hybridized carbons (Fsp3) is 0.478. The Bertz CT molecular complexity index is 690. The number of carbonyl (C=O) groups excluding carboxylic acids is 4. The van der Waals surface area contributed by atoms with Crippen molar-refractivity contribution in [1.82, 2.24) is 0 Å². The SMILES string of the molecule is C.C.C=CC(=O)CC(OCC(F)(F)CCOC(F)(F)COC(OC(=O)C=C)OC(=O)C=C)OC(=O)C=C. The van der Waals surface area contributed by atoms with Crippen molar-refractivity contribution < 1.29 is 65.2 Å². The molecule has 0 radical (unpaired) electrons. The number of carbonyl (C=O) groups is 4. The van der Waals surface area contributed by atoms with Crippen molar-refractivity contribution in [3.05, 3.63) is 50.6 Å². The third-order valence-corrected chi connectivity index (χ3v) is 3.42. The zero-order chi connectivity index (χ0) is 27.1. The summed E-state index contributed by atoms with van der Waals surface area (Å²) in [7, 11) is 0. The van der Waals surface area contributed by atoms with E-state index in [1.165, 1.54) is 0 Å². The molecule has 37 heavy (non-hydrogen) atoms. The van der Waals surface area contributed by atoms with Gasteiger partial charge in [0.1, 0.15) is 13.2 Å². The molecule has 212 valence electrons. The summed E-state index contributed by atoms with van der Waals surface area (Å²) in [6.45, 7) is 5.90. The maximum atomic E-state index is 14.0. The van der Waals surface area contributed by atoms with Crippen molar-refractivity contribution in [2.75, 3.05) is 19.8 Å². The summed E-state index contributed by atoms with van der Waals surface area (Å²) in [5, 5.41) is 0. The molecule has 0 aliphatic rings. The normalized spacial score (nSPS) is 11.6. The van der Waals surface area contributed by atoms with Crippen LogP contribution in [0.1, 0.15) is 27.7 Å². The highest BCUT2D eigenvalue weighted by molar-refractivity contribution is 5.89. The van der Waals surface area contributed by atoms with E-state index in [1.807, 2.05) is 0 Å². The van der Waals surface area contributed by atoms with E-state index in [4.69, 9.17) is 4.74 Å². The van der Waals surface area contributed by atoms with Gasteiger partial charge in [0.2, 0.25) is 6.29 Å². The van der Waals surface area contributed by atoms with Crippen LogP contribution in [-0.4, -0.2) is 68.3 Å². The summed E-state index contributed by atoms with van der Waals surface area (Å²) in [5.41, 5.74) is 0. The van der Waals surface area contributed by atoms with Crippen LogP contribution in [0.25, 0.3) is 0 Å². The lowest BCUT2D eigenvalue weighted by Gasteiger charge is -2.23. The van der Waals surface area contributed by atoms with E-state index < -0.39 is 81.2 Å². The molecule has 0 N–H and O–H groups in total. The predicted molar refractivity (Wildman–Crippen MR) is 122 cm³/mol. The molecule has 0 aromatic rings. The predicted octanol–water partition coefficient (Wildman–Crippen LogP) is 3.87. The lowest BCUT2D eigenvalue weighted by molar-refractivity contribution is -0.323. The largest absolute Gasteiger partial charge is 0.432 e. The minimum Gasteiger partial charge on any atom is -0.432 e. The Morgan fingerprint density at radius 2 is 1.22 bits per heavy atom. The lowest BCUT2D eigenvalue weighted by Crippen LogP contribution is -2.36. The van der Waals surface area contributed by atoms with Gasteiger partial charge in [-0.25, -0.2) is 23.2 Å². The van der Waals surface area contributed by atoms with Crippen LogP contribution in [-0.2, 0) is 47.6 Å². The van der Waals surface area contributed by atoms with Gasteiger partial charge in [-0.2, -0.15) is 8.78 Å².